The average molecular weight is 388 g/mol. The molecule has 0 saturated carbocycles. The van der Waals surface area contributed by atoms with Crippen LogP contribution in [0.15, 0.2) is 97.5 Å². The second-order valence-corrected chi connectivity index (χ2v) is 6.82. The van der Waals surface area contributed by atoms with Crippen LogP contribution in [-0.2, 0) is 4.79 Å². The zero-order chi connectivity index (χ0) is 19.3. The van der Waals surface area contributed by atoms with Crippen LogP contribution in [0.4, 0.5) is 5.69 Å². The van der Waals surface area contributed by atoms with Crippen LogP contribution in [0.3, 0.4) is 0 Å². The van der Waals surface area contributed by atoms with Crippen LogP contribution in [0, 0.1) is 0 Å². The lowest BCUT2D eigenvalue weighted by Crippen LogP contribution is -2.26. The van der Waals surface area contributed by atoms with Gasteiger partial charge >= 0.3 is 0 Å². The average Bonchev–Trinajstić information content (AvgIpc) is 3.21. The Labute approximate surface area is 168 Å². The lowest BCUT2D eigenvalue weighted by atomic mass is 10.1. The van der Waals surface area contributed by atoms with Crippen molar-refractivity contribution in [3.63, 3.8) is 0 Å². The zero-order valence-electron chi connectivity index (χ0n) is 15.0. The molecular weight excluding hydrogens is 370 g/mol. The number of nitrogens with one attached hydrogen (secondary N) is 1. The Bertz CT molecular complexity index is 1060. The van der Waals surface area contributed by atoms with Gasteiger partial charge in [-0.3, -0.25) is 4.79 Å². The summed E-state index contributed by atoms with van der Waals surface area (Å²) in [6.07, 6.45) is 3.57. The van der Waals surface area contributed by atoms with Crippen LogP contribution in [-0.4, -0.2) is 15.5 Å². The van der Waals surface area contributed by atoms with Crippen LogP contribution in [0.25, 0.3) is 11.3 Å². The van der Waals surface area contributed by atoms with Gasteiger partial charge in [0.15, 0.2) is 0 Å². The molecule has 0 aliphatic heterocycles. The molecule has 0 radical (unpaired) electrons. The van der Waals surface area contributed by atoms with Gasteiger partial charge in [-0.15, -0.1) is 0 Å². The molecule has 0 bridgehead atoms. The smallest absolute Gasteiger partial charge is 0.252 e. The number of nitrogens with zero attached hydrogens (tertiary/aromatic N) is 2. The van der Waals surface area contributed by atoms with Gasteiger partial charge in [0.25, 0.3) is 5.91 Å². The Morgan fingerprint density at radius 2 is 1.54 bits per heavy atom. The molecule has 1 atom stereocenters. The molecule has 1 heterocycles. The summed E-state index contributed by atoms with van der Waals surface area (Å²) in [5, 5.41) is 3.61. The number of rotatable bonds is 5. The first-order chi connectivity index (χ1) is 13.7. The molecule has 138 valence electrons. The van der Waals surface area contributed by atoms with Crippen molar-refractivity contribution in [3.05, 3.63) is 108 Å². The van der Waals surface area contributed by atoms with Crippen LogP contribution >= 0.6 is 11.6 Å². The van der Waals surface area contributed by atoms with Gasteiger partial charge in [-0.2, -0.15) is 0 Å². The fraction of sp³-hybridized carbons (Fsp3) is 0.0435. The normalized spacial score (nSPS) is 11.8. The minimum Gasteiger partial charge on any atom is -0.324 e. The number of imidazole rings is 1. The molecule has 5 heteroatoms. The Kier molecular flexibility index (Phi) is 5.22. The number of para-hydroxylation sites is 1. The lowest BCUT2D eigenvalue weighted by molar-refractivity contribution is -0.118. The van der Waals surface area contributed by atoms with Gasteiger partial charge < -0.3 is 9.88 Å². The van der Waals surface area contributed by atoms with Crippen molar-refractivity contribution < 1.29 is 4.79 Å². The van der Waals surface area contributed by atoms with Crippen molar-refractivity contribution in [1.82, 2.24) is 9.55 Å². The third kappa shape index (κ3) is 3.97. The highest BCUT2D eigenvalue weighted by Gasteiger charge is 2.23. The van der Waals surface area contributed by atoms with E-state index in [4.69, 9.17) is 11.6 Å². The van der Waals surface area contributed by atoms with Gasteiger partial charge in [0, 0.05) is 22.5 Å². The second kappa shape index (κ2) is 8.11. The van der Waals surface area contributed by atoms with Gasteiger partial charge in [0.2, 0.25) is 0 Å². The molecule has 1 N–H and O–H groups in total. The van der Waals surface area contributed by atoms with E-state index in [1.807, 2.05) is 83.6 Å². The molecule has 0 aliphatic rings. The van der Waals surface area contributed by atoms with Crippen LogP contribution in [0.5, 0.6) is 0 Å². The summed E-state index contributed by atoms with van der Waals surface area (Å²) >= 11 is 6.04. The number of carbonyl (C=O) groups is 1. The lowest BCUT2D eigenvalue weighted by Gasteiger charge is -2.19. The summed E-state index contributed by atoms with van der Waals surface area (Å²) < 4.78 is 1.82. The molecule has 3 aromatic carbocycles. The zero-order valence-corrected chi connectivity index (χ0v) is 15.8. The van der Waals surface area contributed by atoms with E-state index in [1.165, 1.54) is 0 Å². The minimum absolute atomic E-state index is 0.148. The van der Waals surface area contributed by atoms with Crippen molar-refractivity contribution >= 4 is 23.2 Å². The predicted octanol–water partition coefficient (Wildman–Crippen LogP) is 5.43. The summed E-state index contributed by atoms with van der Waals surface area (Å²) in [5.74, 6) is -0.148. The van der Waals surface area contributed by atoms with Crippen LogP contribution < -0.4 is 5.32 Å². The maximum atomic E-state index is 13.2. The van der Waals surface area contributed by atoms with Gasteiger partial charge in [-0.1, -0.05) is 72.3 Å². The SMILES string of the molecule is O=C(Nc1ccccc1)[C@H](c1ccc(Cl)cc1)n1cnc(-c2ccccc2)c1. The molecule has 0 aliphatic carbocycles. The van der Waals surface area contributed by atoms with Crippen molar-refractivity contribution in [2.75, 3.05) is 5.32 Å². The molecule has 0 saturated heterocycles. The minimum atomic E-state index is -0.567. The van der Waals surface area contributed by atoms with Gasteiger partial charge in [-0.25, -0.2) is 4.98 Å². The molecule has 1 amide bonds. The summed E-state index contributed by atoms with van der Waals surface area (Å²) in [7, 11) is 0. The Balaban J connectivity index is 1.70. The Hall–Kier alpha value is -3.37. The number of amides is 1. The first kappa shape index (κ1) is 18.0. The molecule has 0 spiro atoms. The Morgan fingerprint density at radius 1 is 0.893 bits per heavy atom. The number of aromatic nitrogens is 2. The first-order valence-electron chi connectivity index (χ1n) is 8.91. The third-order valence-electron chi connectivity index (χ3n) is 4.44. The van der Waals surface area contributed by atoms with E-state index < -0.39 is 6.04 Å². The summed E-state index contributed by atoms with van der Waals surface area (Å²) in [5.41, 5.74) is 3.39. The van der Waals surface area contributed by atoms with E-state index in [1.54, 1.807) is 18.5 Å². The monoisotopic (exact) mass is 387 g/mol. The molecule has 4 rings (SSSR count). The molecular formula is C23H18ClN3O. The van der Waals surface area contributed by atoms with Crippen molar-refractivity contribution in [1.29, 1.82) is 0 Å². The molecule has 1 aromatic heterocycles. The number of halogens is 1. The van der Waals surface area contributed by atoms with E-state index in [0.29, 0.717) is 5.02 Å². The summed E-state index contributed by atoms with van der Waals surface area (Å²) in [6.45, 7) is 0. The van der Waals surface area contributed by atoms with Crippen LogP contribution in [0.2, 0.25) is 5.02 Å². The highest BCUT2D eigenvalue weighted by atomic mass is 35.5. The predicted molar refractivity (Wildman–Crippen MR) is 112 cm³/mol. The van der Waals surface area contributed by atoms with E-state index >= 15 is 0 Å². The quantitative estimate of drug-likeness (QED) is 0.496. The number of carbonyl (C=O) groups excluding carboxylic acids is 1. The first-order valence-corrected chi connectivity index (χ1v) is 9.29. The van der Waals surface area contributed by atoms with E-state index in [-0.39, 0.29) is 5.91 Å². The molecule has 4 nitrogen and oxygen atoms in total. The maximum Gasteiger partial charge on any atom is 0.252 e. The topological polar surface area (TPSA) is 46.9 Å². The van der Waals surface area contributed by atoms with Gasteiger partial charge in [0.05, 0.1) is 12.0 Å². The van der Waals surface area contributed by atoms with Crippen molar-refractivity contribution in [2.45, 2.75) is 6.04 Å². The van der Waals surface area contributed by atoms with Crippen molar-refractivity contribution in [3.8, 4) is 11.3 Å². The van der Waals surface area contributed by atoms with E-state index in [0.717, 1.165) is 22.5 Å². The Morgan fingerprint density at radius 3 is 2.21 bits per heavy atom. The number of anilines is 1. The van der Waals surface area contributed by atoms with Gasteiger partial charge in [0.1, 0.15) is 6.04 Å². The standard InChI is InChI=1S/C23H18ClN3O/c24-19-13-11-18(12-14-19)22(23(28)26-20-9-5-2-6-10-20)27-15-21(25-16-27)17-7-3-1-4-8-17/h1-16,22H,(H,26,28)/t22-/m0/s1. The van der Waals surface area contributed by atoms with E-state index in [9.17, 15) is 4.79 Å². The van der Waals surface area contributed by atoms with Crippen LogP contribution in [0.1, 0.15) is 11.6 Å². The van der Waals surface area contributed by atoms with Crippen molar-refractivity contribution in [2.24, 2.45) is 0 Å². The van der Waals surface area contributed by atoms with Gasteiger partial charge in [-0.05, 0) is 29.8 Å². The summed E-state index contributed by atoms with van der Waals surface area (Å²) in [6, 6.07) is 26.0. The maximum absolute atomic E-state index is 13.2. The molecule has 4 aromatic rings. The number of benzene rings is 3. The molecule has 0 unspecified atom stereocenters. The van der Waals surface area contributed by atoms with E-state index in [2.05, 4.69) is 10.3 Å². The number of hydrogen-bond acceptors (Lipinski definition) is 2. The highest BCUT2D eigenvalue weighted by molar-refractivity contribution is 6.30. The summed E-state index contributed by atoms with van der Waals surface area (Å²) in [4.78, 5) is 17.6. The second-order valence-electron chi connectivity index (χ2n) is 6.38. The number of hydrogen-bond donors (Lipinski definition) is 1. The largest absolute Gasteiger partial charge is 0.324 e. The highest BCUT2D eigenvalue weighted by Crippen LogP contribution is 2.25. The molecule has 0 fully saturated rings. The fourth-order valence-electron chi connectivity index (χ4n) is 3.07. The fourth-order valence-corrected chi connectivity index (χ4v) is 3.20. The third-order valence-corrected chi connectivity index (χ3v) is 4.70. The molecule has 28 heavy (non-hydrogen) atoms.